The van der Waals surface area contributed by atoms with Crippen molar-refractivity contribution in [1.82, 2.24) is 0 Å². The molecule has 6 rings (SSSR count). The Hall–Kier alpha value is -7.37. The standard InChI is InChI=1S/C19H13N3O2.C12H11N.C7H3FN2O2/c20-13-16-9-5-11-18(19(16)22(23)24)21-17-10-4-8-15(12-17)14-6-2-1-3-7-14;13-12-8-4-7-11(9-12)10-5-2-1-3-6-10;8-6-3-1-2-5(4-9)7(6)10(11)12/h1-12,21H;1-9H,13H2;1-3H. The van der Waals surface area contributed by atoms with Gasteiger partial charge in [-0.2, -0.15) is 14.9 Å². The Morgan fingerprint density at radius 2 is 1.04 bits per heavy atom. The van der Waals surface area contributed by atoms with Crippen molar-refractivity contribution in [3.63, 3.8) is 0 Å². The van der Waals surface area contributed by atoms with Crippen molar-refractivity contribution >= 4 is 28.4 Å². The molecule has 0 radical (unpaired) electrons. The summed E-state index contributed by atoms with van der Waals surface area (Å²) < 4.78 is 12.7. The molecule has 0 unspecified atom stereocenters. The van der Waals surface area contributed by atoms with Crippen LogP contribution in [0.25, 0.3) is 22.3 Å². The van der Waals surface area contributed by atoms with E-state index in [-0.39, 0.29) is 16.8 Å². The highest BCUT2D eigenvalue weighted by Crippen LogP contribution is 2.32. The van der Waals surface area contributed by atoms with E-state index in [2.05, 4.69) is 23.5 Å². The third kappa shape index (κ3) is 9.33. The Morgan fingerprint density at radius 3 is 1.55 bits per heavy atom. The zero-order valence-corrected chi connectivity index (χ0v) is 25.7. The van der Waals surface area contributed by atoms with E-state index in [0.29, 0.717) is 5.69 Å². The van der Waals surface area contributed by atoms with Crippen molar-refractivity contribution in [3.8, 4) is 34.4 Å². The van der Waals surface area contributed by atoms with Gasteiger partial charge in [0.05, 0.1) is 9.85 Å². The Morgan fingerprint density at radius 1 is 0.571 bits per heavy atom. The number of nitrogens with zero attached hydrogens (tertiary/aromatic N) is 4. The lowest BCUT2D eigenvalue weighted by Gasteiger charge is -2.10. The highest BCUT2D eigenvalue weighted by molar-refractivity contribution is 5.76. The topological polar surface area (TPSA) is 172 Å². The first-order valence-corrected chi connectivity index (χ1v) is 14.6. The first-order chi connectivity index (χ1) is 23.7. The lowest BCUT2D eigenvalue weighted by Crippen LogP contribution is -1.99. The van der Waals surface area contributed by atoms with Crippen molar-refractivity contribution in [2.45, 2.75) is 0 Å². The number of benzene rings is 6. The second-order valence-corrected chi connectivity index (χ2v) is 10.1. The van der Waals surface area contributed by atoms with Gasteiger partial charge in [-0.25, -0.2) is 0 Å². The van der Waals surface area contributed by atoms with E-state index in [1.165, 1.54) is 35.4 Å². The zero-order chi connectivity index (χ0) is 35.2. The maximum absolute atomic E-state index is 12.7. The van der Waals surface area contributed by atoms with Crippen LogP contribution in [0.2, 0.25) is 0 Å². The average molecular weight is 651 g/mol. The molecule has 0 saturated carbocycles. The molecule has 6 aromatic rings. The van der Waals surface area contributed by atoms with Crippen molar-refractivity contribution < 1.29 is 14.2 Å². The molecule has 0 heterocycles. The molecule has 0 aromatic heterocycles. The van der Waals surface area contributed by atoms with Crippen LogP contribution >= 0.6 is 0 Å². The average Bonchev–Trinajstić information content (AvgIpc) is 3.12. The van der Waals surface area contributed by atoms with Crippen LogP contribution < -0.4 is 11.1 Å². The molecule has 6 aromatic carbocycles. The van der Waals surface area contributed by atoms with Gasteiger partial charge < -0.3 is 11.1 Å². The number of para-hydroxylation sites is 2. The number of halogens is 1. The van der Waals surface area contributed by atoms with Crippen molar-refractivity contribution in [2.75, 3.05) is 11.1 Å². The number of nitrogens with two attached hydrogens (primary N) is 1. The fourth-order valence-electron chi connectivity index (χ4n) is 4.63. The van der Waals surface area contributed by atoms with Crippen LogP contribution in [0.1, 0.15) is 11.1 Å². The number of nitro groups is 2. The summed E-state index contributed by atoms with van der Waals surface area (Å²) in [5.74, 6) is -0.987. The monoisotopic (exact) mass is 650 g/mol. The first-order valence-electron chi connectivity index (χ1n) is 14.6. The molecule has 0 amide bonds. The SMILES string of the molecule is N#Cc1cccc(F)c1[N+](=O)[O-].N#Cc1cccc(Nc2cccc(-c3ccccc3)c2)c1[N+](=O)[O-].Nc1cccc(-c2ccccc2)c1. The maximum Gasteiger partial charge on any atom is 0.322 e. The van der Waals surface area contributed by atoms with Gasteiger partial charge in [0.1, 0.15) is 29.0 Å². The summed E-state index contributed by atoms with van der Waals surface area (Å²) in [6.45, 7) is 0. The van der Waals surface area contributed by atoms with Crippen LogP contribution in [0.3, 0.4) is 0 Å². The number of rotatable bonds is 6. The maximum atomic E-state index is 12.7. The second kappa shape index (κ2) is 16.8. The Balaban J connectivity index is 0.000000182. The van der Waals surface area contributed by atoms with Crippen LogP contribution in [0.15, 0.2) is 146 Å². The normalized spacial score (nSPS) is 9.69. The molecule has 10 nitrogen and oxygen atoms in total. The van der Waals surface area contributed by atoms with Gasteiger partial charge in [0, 0.05) is 11.4 Å². The molecule has 0 spiro atoms. The largest absolute Gasteiger partial charge is 0.399 e. The summed E-state index contributed by atoms with van der Waals surface area (Å²) in [7, 11) is 0. The number of nitrogens with one attached hydrogen (secondary N) is 1. The van der Waals surface area contributed by atoms with Crippen LogP contribution in [0.5, 0.6) is 0 Å². The smallest absolute Gasteiger partial charge is 0.322 e. The van der Waals surface area contributed by atoms with Gasteiger partial charge in [0.2, 0.25) is 5.82 Å². The van der Waals surface area contributed by atoms with E-state index in [1.54, 1.807) is 12.1 Å². The highest BCUT2D eigenvalue weighted by Gasteiger charge is 2.20. The van der Waals surface area contributed by atoms with E-state index in [1.807, 2.05) is 97.1 Å². The van der Waals surface area contributed by atoms with Crippen molar-refractivity contribution in [1.29, 1.82) is 10.5 Å². The van der Waals surface area contributed by atoms with Crippen LogP contribution in [-0.2, 0) is 0 Å². The number of nitrogen functional groups attached to an aromatic ring is 1. The van der Waals surface area contributed by atoms with E-state index < -0.39 is 21.4 Å². The summed E-state index contributed by atoms with van der Waals surface area (Å²) in [5, 5.41) is 42.0. The minimum Gasteiger partial charge on any atom is -0.399 e. The number of hydrogen-bond acceptors (Lipinski definition) is 8. The molecule has 11 heteroatoms. The van der Waals surface area contributed by atoms with Gasteiger partial charge in [-0.1, -0.05) is 97.1 Å². The fourth-order valence-corrected chi connectivity index (χ4v) is 4.63. The number of anilines is 3. The Labute approximate surface area is 281 Å². The molecule has 0 aliphatic carbocycles. The first kappa shape index (κ1) is 34.5. The van der Waals surface area contributed by atoms with Crippen LogP contribution in [0.4, 0.5) is 32.8 Å². The lowest BCUT2D eigenvalue weighted by molar-refractivity contribution is -0.387. The lowest BCUT2D eigenvalue weighted by atomic mass is 10.1. The van der Waals surface area contributed by atoms with Gasteiger partial charge in [0.15, 0.2) is 0 Å². The molecule has 3 N–H and O–H groups in total. The van der Waals surface area contributed by atoms with E-state index >= 15 is 0 Å². The van der Waals surface area contributed by atoms with Gasteiger partial charge in [-0.3, -0.25) is 20.2 Å². The predicted octanol–water partition coefficient (Wildman–Crippen LogP) is 9.42. The minimum absolute atomic E-state index is 0.0317. The van der Waals surface area contributed by atoms with Crippen molar-refractivity contribution in [3.05, 3.63) is 183 Å². The Bertz CT molecular complexity index is 2160. The van der Waals surface area contributed by atoms with Crippen molar-refractivity contribution in [2.24, 2.45) is 0 Å². The summed E-state index contributed by atoms with van der Waals surface area (Å²) in [6, 6.07) is 47.0. The summed E-state index contributed by atoms with van der Waals surface area (Å²) in [6.07, 6.45) is 0. The van der Waals surface area contributed by atoms with E-state index in [9.17, 15) is 24.6 Å². The fraction of sp³-hybridized carbons (Fsp3) is 0. The molecule has 0 fully saturated rings. The zero-order valence-electron chi connectivity index (χ0n) is 25.7. The predicted molar refractivity (Wildman–Crippen MR) is 187 cm³/mol. The molecular formula is C38H27FN6O4. The molecular weight excluding hydrogens is 623 g/mol. The third-order valence-corrected chi connectivity index (χ3v) is 6.87. The third-order valence-electron chi connectivity index (χ3n) is 6.87. The molecule has 0 bridgehead atoms. The van der Waals surface area contributed by atoms with Gasteiger partial charge in [-0.05, 0) is 70.8 Å². The molecule has 0 atom stereocenters. The van der Waals surface area contributed by atoms with Gasteiger partial charge >= 0.3 is 11.4 Å². The summed E-state index contributed by atoms with van der Waals surface area (Å²) in [5.41, 5.74) is 10.7. The molecule has 0 aliphatic heterocycles. The summed E-state index contributed by atoms with van der Waals surface area (Å²) >= 11 is 0. The molecule has 240 valence electrons. The van der Waals surface area contributed by atoms with Crippen LogP contribution in [0, 0.1) is 48.7 Å². The van der Waals surface area contributed by atoms with Gasteiger partial charge in [0.25, 0.3) is 0 Å². The molecule has 0 saturated heterocycles. The summed E-state index contributed by atoms with van der Waals surface area (Å²) in [4.78, 5) is 20.1. The Kier molecular flexibility index (Phi) is 11.8. The van der Waals surface area contributed by atoms with E-state index in [0.717, 1.165) is 28.6 Å². The molecule has 0 aliphatic rings. The second-order valence-electron chi connectivity index (χ2n) is 10.1. The highest BCUT2D eigenvalue weighted by atomic mass is 19.1. The number of hydrogen-bond donors (Lipinski definition) is 2. The van der Waals surface area contributed by atoms with E-state index in [4.69, 9.17) is 16.3 Å². The molecule has 49 heavy (non-hydrogen) atoms. The minimum atomic E-state index is -0.987. The quantitative estimate of drug-likeness (QED) is 0.102. The van der Waals surface area contributed by atoms with Gasteiger partial charge in [-0.15, -0.1) is 0 Å². The number of nitro benzene ring substituents is 2. The number of nitriles is 2. The van der Waals surface area contributed by atoms with Crippen LogP contribution in [-0.4, -0.2) is 9.85 Å².